The summed E-state index contributed by atoms with van der Waals surface area (Å²) in [4.78, 5) is 46.7. The maximum Gasteiger partial charge on any atom is 0.337 e. The van der Waals surface area contributed by atoms with E-state index in [1.54, 1.807) is 24.3 Å². The SMILES string of the molecule is COC(=O)c1ccc(/C=C/C(=O)OCC(=O)N[C@H](CC(C)C)C(=O)OC)cc1. The van der Waals surface area contributed by atoms with Gasteiger partial charge in [0.15, 0.2) is 6.61 Å². The summed E-state index contributed by atoms with van der Waals surface area (Å²) in [5.41, 5.74) is 1.05. The third kappa shape index (κ3) is 8.03. The lowest BCUT2D eigenvalue weighted by Crippen LogP contribution is -2.44. The van der Waals surface area contributed by atoms with Crippen molar-refractivity contribution in [1.29, 1.82) is 0 Å². The fourth-order valence-electron chi connectivity index (χ4n) is 2.26. The van der Waals surface area contributed by atoms with Gasteiger partial charge in [-0.2, -0.15) is 0 Å². The van der Waals surface area contributed by atoms with Crippen LogP contribution in [0.1, 0.15) is 36.2 Å². The minimum absolute atomic E-state index is 0.167. The molecule has 1 atom stereocenters. The van der Waals surface area contributed by atoms with Crippen molar-refractivity contribution < 1.29 is 33.4 Å². The Hall–Kier alpha value is -3.16. The first-order valence-corrected chi connectivity index (χ1v) is 8.67. The second-order valence-electron chi connectivity index (χ2n) is 6.33. The first-order valence-electron chi connectivity index (χ1n) is 8.67. The molecule has 1 amide bonds. The largest absolute Gasteiger partial charge is 0.467 e. The van der Waals surface area contributed by atoms with Crippen LogP contribution < -0.4 is 5.32 Å². The Kier molecular flexibility index (Phi) is 9.42. The Morgan fingerprint density at radius 3 is 2.21 bits per heavy atom. The molecule has 0 heterocycles. The number of carbonyl (C=O) groups excluding carboxylic acids is 4. The highest BCUT2D eigenvalue weighted by Crippen LogP contribution is 2.08. The normalized spacial score (nSPS) is 11.8. The molecular weight excluding hydrogens is 366 g/mol. The van der Waals surface area contributed by atoms with Crippen LogP contribution in [-0.4, -0.2) is 50.7 Å². The molecule has 0 aromatic heterocycles. The highest BCUT2D eigenvalue weighted by molar-refractivity contribution is 5.91. The second-order valence-corrected chi connectivity index (χ2v) is 6.33. The smallest absolute Gasteiger partial charge is 0.337 e. The molecule has 0 fully saturated rings. The van der Waals surface area contributed by atoms with E-state index in [4.69, 9.17) is 4.74 Å². The Balaban J connectivity index is 2.52. The molecule has 0 aliphatic rings. The molecule has 1 N–H and O–H groups in total. The number of ether oxygens (including phenoxy) is 3. The zero-order valence-corrected chi connectivity index (χ0v) is 16.4. The molecule has 152 valence electrons. The lowest BCUT2D eigenvalue weighted by molar-refractivity contribution is -0.148. The van der Waals surface area contributed by atoms with Crippen LogP contribution in [0.25, 0.3) is 6.08 Å². The van der Waals surface area contributed by atoms with Crippen molar-refractivity contribution in [3.8, 4) is 0 Å². The first kappa shape index (κ1) is 22.9. The molecule has 1 aromatic carbocycles. The van der Waals surface area contributed by atoms with E-state index in [9.17, 15) is 19.2 Å². The van der Waals surface area contributed by atoms with Crippen LogP contribution in [0, 0.1) is 5.92 Å². The predicted octanol–water partition coefficient (Wildman–Crippen LogP) is 1.73. The average molecular weight is 391 g/mol. The number of carbonyl (C=O) groups is 4. The molecule has 1 rings (SSSR count). The van der Waals surface area contributed by atoms with Gasteiger partial charge >= 0.3 is 17.9 Å². The molecule has 0 unspecified atom stereocenters. The zero-order chi connectivity index (χ0) is 21.1. The molecular formula is C20H25NO7. The lowest BCUT2D eigenvalue weighted by Gasteiger charge is -2.18. The van der Waals surface area contributed by atoms with E-state index in [2.05, 4.69) is 14.8 Å². The van der Waals surface area contributed by atoms with E-state index in [0.29, 0.717) is 17.5 Å². The van der Waals surface area contributed by atoms with Gasteiger partial charge in [-0.25, -0.2) is 14.4 Å². The topological polar surface area (TPSA) is 108 Å². The van der Waals surface area contributed by atoms with Crippen molar-refractivity contribution in [2.45, 2.75) is 26.3 Å². The van der Waals surface area contributed by atoms with Crippen LogP contribution in [0.2, 0.25) is 0 Å². The van der Waals surface area contributed by atoms with E-state index < -0.39 is 36.5 Å². The van der Waals surface area contributed by atoms with Crippen molar-refractivity contribution in [2.24, 2.45) is 5.92 Å². The van der Waals surface area contributed by atoms with Crippen LogP contribution in [0.3, 0.4) is 0 Å². The van der Waals surface area contributed by atoms with Crippen LogP contribution in [0.15, 0.2) is 30.3 Å². The van der Waals surface area contributed by atoms with E-state index in [1.165, 1.54) is 20.3 Å². The highest BCUT2D eigenvalue weighted by atomic mass is 16.5. The van der Waals surface area contributed by atoms with E-state index in [1.807, 2.05) is 13.8 Å². The van der Waals surface area contributed by atoms with Crippen molar-refractivity contribution in [3.63, 3.8) is 0 Å². The van der Waals surface area contributed by atoms with E-state index in [-0.39, 0.29) is 5.92 Å². The molecule has 0 aliphatic carbocycles. The Morgan fingerprint density at radius 1 is 1.04 bits per heavy atom. The number of amides is 1. The van der Waals surface area contributed by atoms with Crippen molar-refractivity contribution in [3.05, 3.63) is 41.5 Å². The Labute approximate surface area is 163 Å². The summed E-state index contributed by atoms with van der Waals surface area (Å²) in [5, 5.41) is 2.49. The van der Waals surface area contributed by atoms with Gasteiger partial charge in [0, 0.05) is 6.08 Å². The van der Waals surface area contributed by atoms with Gasteiger partial charge in [0.2, 0.25) is 0 Å². The number of rotatable bonds is 9. The van der Waals surface area contributed by atoms with Crippen LogP contribution in [0.5, 0.6) is 0 Å². The molecule has 0 spiro atoms. The van der Waals surface area contributed by atoms with E-state index >= 15 is 0 Å². The number of benzene rings is 1. The van der Waals surface area contributed by atoms with Crippen molar-refractivity contribution >= 4 is 29.9 Å². The van der Waals surface area contributed by atoms with Crippen molar-refractivity contribution in [2.75, 3.05) is 20.8 Å². The third-order valence-corrected chi connectivity index (χ3v) is 3.62. The number of nitrogens with one attached hydrogen (secondary N) is 1. The van der Waals surface area contributed by atoms with Crippen LogP contribution >= 0.6 is 0 Å². The summed E-state index contributed by atoms with van der Waals surface area (Å²) in [7, 11) is 2.53. The van der Waals surface area contributed by atoms with Gasteiger partial charge < -0.3 is 19.5 Å². The van der Waals surface area contributed by atoms with Crippen LogP contribution in [0.4, 0.5) is 0 Å². The van der Waals surface area contributed by atoms with Gasteiger partial charge in [-0.05, 0) is 36.1 Å². The monoisotopic (exact) mass is 391 g/mol. The summed E-state index contributed by atoms with van der Waals surface area (Å²) in [5.74, 6) is -2.15. The molecule has 1 aromatic rings. The summed E-state index contributed by atoms with van der Waals surface area (Å²) in [6.45, 7) is 3.30. The number of methoxy groups -OCH3 is 2. The van der Waals surface area contributed by atoms with Gasteiger partial charge in [-0.15, -0.1) is 0 Å². The second kappa shape index (κ2) is 11.5. The molecule has 8 heteroatoms. The minimum atomic E-state index is -0.792. The minimum Gasteiger partial charge on any atom is -0.467 e. The summed E-state index contributed by atoms with van der Waals surface area (Å²) < 4.78 is 14.1. The predicted molar refractivity (Wildman–Crippen MR) is 101 cm³/mol. The van der Waals surface area contributed by atoms with Crippen molar-refractivity contribution in [1.82, 2.24) is 5.32 Å². The molecule has 8 nitrogen and oxygen atoms in total. The van der Waals surface area contributed by atoms with Gasteiger partial charge in [-0.3, -0.25) is 4.79 Å². The molecule has 0 radical (unpaired) electrons. The molecule has 0 aliphatic heterocycles. The zero-order valence-electron chi connectivity index (χ0n) is 16.4. The van der Waals surface area contributed by atoms with Gasteiger partial charge in [-0.1, -0.05) is 26.0 Å². The third-order valence-electron chi connectivity index (χ3n) is 3.62. The number of hydrogen-bond donors (Lipinski definition) is 1. The summed E-state index contributed by atoms with van der Waals surface area (Å²) >= 11 is 0. The Bertz CT molecular complexity index is 723. The molecule has 0 saturated carbocycles. The Morgan fingerprint density at radius 2 is 1.68 bits per heavy atom. The number of hydrogen-bond acceptors (Lipinski definition) is 7. The quantitative estimate of drug-likeness (QED) is 0.388. The fourth-order valence-corrected chi connectivity index (χ4v) is 2.26. The maximum absolute atomic E-state index is 11.9. The lowest BCUT2D eigenvalue weighted by atomic mass is 10.0. The molecule has 28 heavy (non-hydrogen) atoms. The van der Waals surface area contributed by atoms with E-state index in [0.717, 1.165) is 6.08 Å². The summed E-state index contributed by atoms with van der Waals surface area (Å²) in [6, 6.07) is 5.60. The maximum atomic E-state index is 11.9. The van der Waals surface area contributed by atoms with Gasteiger partial charge in [0.1, 0.15) is 6.04 Å². The highest BCUT2D eigenvalue weighted by Gasteiger charge is 2.22. The van der Waals surface area contributed by atoms with Gasteiger partial charge in [0.25, 0.3) is 5.91 Å². The van der Waals surface area contributed by atoms with Crippen LogP contribution in [-0.2, 0) is 28.6 Å². The number of esters is 3. The standard InChI is InChI=1S/C20H25NO7/c1-13(2)11-16(20(25)27-4)21-17(22)12-28-18(23)10-7-14-5-8-15(9-6-14)19(24)26-3/h5-10,13,16H,11-12H2,1-4H3,(H,21,22)/b10-7+/t16-/m1/s1. The van der Waals surface area contributed by atoms with Gasteiger partial charge in [0.05, 0.1) is 19.8 Å². The molecule has 0 saturated heterocycles. The average Bonchev–Trinajstić information content (AvgIpc) is 2.69. The fraction of sp³-hybridized carbons (Fsp3) is 0.400. The first-order chi connectivity index (χ1) is 13.3. The molecule has 0 bridgehead atoms. The summed E-state index contributed by atoms with van der Waals surface area (Å²) in [6.07, 6.45) is 3.05.